The van der Waals surface area contributed by atoms with Gasteiger partial charge in [0.25, 0.3) is 0 Å². The Balaban J connectivity index is 1.99. The molecule has 0 unspecified atom stereocenters. The summed E-state index contributed by atoms with van der Waals surface area (Å²) >= 11 is 0. The second-order valence-electron chi connectivity index (χ2n) is 5.32. The summed E-state index contributed by atoms with van der Waals surface area (Å²) in [5.41, 5.74) is 1.70. The van der Waals surface area contributed by atoms with Crippen molar-refractivity contribution in [1.82, 2.24) is 19.9 Å². The van der Waals surface area contributed by atoms with Gasteiger partial charge in [0.1, 0.15) is 5.52 Å². The molecule has 0 amide bonds. The summed E-state index contributed by atoms with van der Waals surface area (Å²) in [4.78, 5) is 19.1. The lowest BCUT2D eigenvalue weighted by molar-refractivity contribution is 0.752. The van der Waals surface area contributed by atoms with Gasteiger partial charge in [0.05, 0.1) is 6.33 Å². The number of hydrogen-bond donors (Lipinski definition) is 2. The van der Waals surface area contributed by atoms with Crippen LogP contribution in [-0.2, 0) is 0 Å². The number of nitrogens with one attached hydrogen (secondary N) is 2. The third-order valence-electron chi connectivity index (χ3n) is 3.52. The van der Waals surface area contributed by atoms with Crippen LogP contribution in [0.5, 0.6) is 0 Å². The summed E-state index contributed by atoms with van der Waals surface area (Å²) < 4.78 is 0. The fraction of sp³-hybridized carbons (Fsp3) is 0.643. The number of aromatic amines is 1. The molecule has 2 aromatic rings. The summed E-state index contributed by atoms with van der Waals surface area (Å²) in [7, 11) is 0. The van der Waals surface area contributed by atoms with Crippen LogP contribution in [0.1, 0.15) is 39.5 Å². The van der Waals surface area contributed by atoms with Crippen molar-refractivity contribution in [1.29, 1.82) is 0 Å². The van der Waals surface area contributed by atoms with Crippen molar-refractivity contribution in [2.75, 3.05) is 23.3 Å². The van der Waals surface area contributed by atoms with Crippen LogP contribution >= 0.6 is 0 Å². The number of imidazole rings is 1. The maximum atomic E-state index is 4.72. The van der Waals surface area contributed by atoms with Crippen molar-refractivity contribution >= 4 is 22.9 Å². The summed E-state index contributed by atoms with van der Waals surface area (Å²) in [6.07, 6.45) is 6.39. The Hall–Kier alpha value is -1.85. The van der Waals surface area contributed by atoms with Crippen LogP contribution in [0.4, 0.5) is 11.8 Å². The van der Waals surface area contributed by atoms with Crippen molar-refractivity contribution in [3.05, 3.63) is 6.33 Å². The van der Waals surface area contributed by atoms with Gasteiger partial charge in [-0.1, -0.05) is 13.8 Å². The quantitative estimate of drug-likeness (QED) is 0.812. The van der Waals surface area contributed by atoms with Crippen LogP contribution in [-0.4, -0.2) is 39.1 Å². The zero-order chi connectivity index (χ0) is 13.9. The van der Waals surface area contributed by atoms with Gasteiger partial charge in [-0.3, -0.25) is 0 Å². The van der Waals surface area contributed by atoms with Crippen molar-refractivity contribution in [3.63, 3.8) is 0 Å². The molecule has 0 aliphatic heterocycles. The van der Waals surface area contributed by atoms with Crippen molar-refractivity contribution in [2.45, 2.75) is 45.6 Å². The highest BCUT2D eigenvalue weighted by Crippen LogP contribution is 2.33. The first kappa shape index (κ1) is 13.1. The number of anilines is 2. The number of fused-ring (bicyclic) bond motifs is 1. The van der Waals surface area contributed by atoms with E-state index in [1.807, 2.05) is 0 Å². The molecule has 0 atom stereocenters. The van der Waals surface area contributed by atoms with Crippen molar-refractivity contribution < 1.29 is 0 Å². The van der Waals surface area contributed by atoms with E-state index < -0.39 is 0 Å². The van der Waals surface area contributed by atoms with Crippen LogP contribution in [0, 0.1) is 0 Å². The molecule has 108 valence electrons. The first-order valence-electron chi connectivity index (χ1n) is 7.55. The Kier molecular flexibility index (Phi) is 3.71. The van der Waals surface area contributed by atoms with E-state index in [-0.39, 0.29) is 0 Å². The molecular weight excluding hydrogens is 252 g/mol. The predicted octanol–water partition coefficient (Wildman–Crippen LogP) is 2.55. The Morgan fingerprint density at radius 2 is 2.15 bits per heavy atom. The zero-order valence-corrected chi connectivity index (χ0v) is 12.2. The molecule has 2 N–H and O–H groups in total. The minimum atomic E-state index is 0.635. The van der Waals surface area contributed by atoms with Gasteiger partial charge in [-0.15, -0.1) is 0 Å². The number of H-pyrrole nitrogens is 1. The highest BCUT2D eigenvalue weighted by atomic mass is 15.3. The van der Waals surface area contributed by atoms with Crippen molar-refractivity contribution in [3.8, 4) is 0 Å². The first-order chi connectivity index (χ1) is 9.83. The van der Waals surface area contributed by atoms with Gasteiger partial charge in [0, 0.05) is 19.1 Å². The Morgan fingerprint density at radius 3 is 2.85 bits per heavy atom. The molecule has 6 nitrogen and oxygen atoms in total. The summed E-state index contributed by atoms with van der Waals surface area (Å²) in [6.45, 7) is 6.25. The van der Waals surface area contributed by atoms with Gasteiger partial charge in [-0.05, 0) is 25.7 Å². The minimum absolute atomic E-state index is 0.635. The number of nitrogens with zero attached hydrogens (tertiary/aromatic N) is 4. The molecule has 20 heavy (non-hydrogen) atoms. The fourth-order valence-corrected chi connectivity index (χ4v) is 2.43. The summed E-state index contributed by atoms with van der Waals surface area (Å²) in [5.74, 6) is 1.68. The average Bonchev–Trinajstić information content (AvgIpc) is 3.19. The predicted molar refractivity (Wildman–Crippen MR) is 81.1 cm³/mol. The zero-order valence-electron chi connectivity index (χ0n) is 12.2. The van der Waals surface area contributed by atoms with E-state index in [1.165, 1.54) is 12.8 Å². The highest BCUT2D eigenvalue weighted by molar-refractivity contribution is 5.84. The van der Waals surface area contributed by atoms with E-state index in [4.69, 9.17) is 4.98 Å². The fourth-order valence-electron chi connectivity index (χ4n) is 2.43. The Bertz CT molecular complexity index is 574. The van der Waals surface area contributed by atoms with Crippen LogP contribution in [0.25, 0.3) is 11.2 Å². The second-order valence-corrected chi connectivity index (χ2v) is 5.32. The molecule has 1 fully saturated rings. The number of hydrogen-bond acceptors (Lipinski definition) is 5. The molecule has 0 bridgehead atoms. The molecule has 6 heteroatoms. The standard InChI is InChI=1S/C14H22N6/c1-3-7-15-14-18-12-11(16-9-17-12)13(19-14)20(8-4-2)10-5-6-10/h9-10H,3-8H2,1-2H3,(H2,15,16,17,18,19). The minimum Gasteiger partial charge on any atom is -0.354 e. The highest BCUT2D eigenvalue weighted by Gasteiger charge is 2.31. The summed E-state index contributed by atoms with van der Waals surface area (Å²) in [6, 6.07) is 0.635. The molecular formula is C14H22N6. The van der Waals surface area contributed by atoms with Gasteiger partial charge < -0.3 is 15.2 Å². The van der Waals surface area contributed by atoms with Gasteiger partial charge >= 0.3 is 0 Å². The lowest BCUT2D eigenvalue weighted by atomic mass is 10.3. The van der Waals surface area contributed by atoms with Gasteiger partial charge in [-0.2, -0.15) is 9.97 Å². The van der Waals surface area contributed by atoms with Gasteiger partial charge in [-0.25, -0.2) is 4.98 Å². The molecule has 1 aliphatic rings. The Labute approximate surface area is 119 Å². The third kappa shape index (κ3) is 2.55. The molecule has 2 aromatic heterocycles. The van der Waals surface area contributed by atoms with E-state index in [0.29, 0.717) is 12.0 Å². The van der Waals surface area contributed by atoms with E-state index in [0.717, 1.165) is 42.9 Å². The van der Waals surface area contributed by atoms with Gasteiger partial charge in [0.2, 0.25) is 5.95 Å². The number of rotatable bonds is 7. The lowest BCUT2D eigenvalue weighted by Crippen LogP contribution is -2.28. The largest absolute Gasteiger partial charge is 0.354 e. The molecule has 0 spiro atoms. The molecule has 1 saturated carbocycles. The van der Waals surface area contributed by atoms with Crippen LogP contribution in [0.2, 0.25) is 0 Å². The number of aromatic nitrogens is 4. The van der Waals surface area contributed by atoms with E-state index >= 15 is 0 Å². The SMILES string of the molecule is CCCNc1nc(N(CCC)C2CC2)c2[nH]cnc2n1. The summed E-state index contributed by atoms with van der Waals surface area (Å²) in [5, 5.41) is 3.27. The van der Waals surface area contributed by atoms with Crippen LogP contribution in [0.15, 0.2) is 6.33 Å². The molecule has 1 aliphatic carbocycles. The third-order valence-corrected chi connectivity index (χ3v) is 3.52. The van der Waals surface area contributed by atoms with Gasteiger partial charge in [0.15, 0.2) is 11.5 Å². The second kappa shape index (κ2) is 5.64. The Morgan fingerprint density at radius 1 is 1.30 bits per heavy atom. The average molecular weight is 274 g/mol. The molecule has 3 rings (SSSR count). The molecule has 0 radical (unpaired) electrons. The first-order valence-corrected chi connectivity index (χ1v) is 7.55. The maximum Gasteiger partial charge on any atom is 0.226 e. The monoisotopic (exact) mass is 274 g/mol. The lowest BCUT2D eigenvalue weighted by Gasteiger charge is -2.23. The van der Waals surface area contributed by atoms with E-state index in [1.54, 1.807) is 6.33 Å². The normalized spacial score (nSPS) is 14.7. The molecule has 0 aromatic carbocycles. The smallest absolute Gasteiger partial charge is 0.226 e. The molecule has 0 saturated heterocycles. The maximum absolute atomic E-state index is 4.72. The van der Waals surface area contributed by atoms with Crippen LogP contribution in [0.3, 0.4) is 0 Å². The van der Waals surface area contributed by atoms with Crippen LogP contribution < -0.4 is 10.2 Å². The van der Waals surface area contributed by atoms with E-state index in [2.05, 4.69) is 39.0 Å². The topological polar surface area (TPSA) is 69.7 Å². The molecule has 2 heterocycles. The van der Waals surface area contributed by atoms with Crippen molar-refractivity contribution in [2.24, 2.45) is 0 Å². The van der Waals surface area contributed by atoms with E-state index in [9.17, 15) is 0 Å².